The van der Waals surface area contributed by atoms with Gasteiger partial charge < -0.3 is 14.2 Å². The van der Waals surface area contributed by atoms with Crippen molar-refractivity contribution in [3.05, 3.63) is 28.3 Å². The lowest BCUT2D eigenvalue weighted by atomic mass is 10.2. The smallest absolute Gasteiger partial charge is 0.298 e. The number of hydrogen-bond acceptors (Lipinski definition) is 6. The molecule has 1 saturated heterocycles. The molecule has 20 heavy (non-hydrogen) atoms. The summed E-state index contributed by atoms with van der Waals surface area (Å²) in [5, 5.41) is 10.8. The number of nitro benzene ring substituents is 1. The van der Waals surface area contributed by atoms with Gasteiger partial charge in [-0.05, 0) is 26.6 Å². The number of benzene rings is 1. The molecule has 1 aliphatic heterocycles. The minimum absolute atomic E-state index is 0.0324. The summed E-state index contributed by atoms with van der Waals surface area (Å²) in [5.41, 5.74) is 1.14. The first-order chi connectivity index (χ1) is 9.54. The Bertz CT molecular complexity index is 652. The molecule has 106 valence electrons. The lowest BCUT2D eigenvalue weighted by Gasteiger charge is -2.19. The van der Waals surface area contributed by atoms with E-state index in [1.54, 1.807) is 6.07 Å². The fraction of sp³-hybridized carbons (Fsp3) is 0.462. The molecular formula is C13H16N4O3. The summed E-state index contributed by atoms with van der Waals surface area (Å²) in [6, 6.07) is 5.51. The molecule has 0 radical (unpaired) electrons. The highest BCUT2D eigenvalue weighted by atomic mass is 16.6. The Hall–Kier alpha value is -2.15. The Balaban J connectivity index is 1.88. The molecule has 1 atom stereocenters. The van der Waals surface area contributed by atoms with Crippen LogP contribution in [-0.4, -0.2) is 48.0 Å². The molecule has 0 bridgehead atoms. The molecule has 0 spiro atoms. The van der Waals surface area contributed by atoms with E-state index < -0.39 is 4.92 Å². The van der Waals surface area contributed by atoms with Crippen LogP contribution in [0.25, 0.3) is 11.1 Å². The number of non-ortho nitro benzene ring substituents is 1. The van der Waals surface area contributed by atoms with Gasteiger partial charge in [-0.3, -0.25) is 10.1 Å². The number of likely N-dealkylation sites (N-methyl/N-ethyl adjacent to an activating group) is 1. The second kappa shape index (κ2) is 4.75. The highest BCUT2D eigenvalue weighted by Crippen LogP contribution is 2.28. The Morgan fingerprint density at radius 3 is 2.95 bits per heavy atom. The zero-order chi connectivity index (χ0) is 14.3. The molecule has 0 N–H and O–H groups in total. The molecule has 0 unspecified atom stereocenters. The first-order valence-corrected chi connectivity index (χ1v) is 6.51. The SMILES string of the molecule is CN(C)[C@@H]1CCN(c2nc3cc([N+](=O)[O-])ccc3o2)C1. The molecule has 1 aliphatic rings. The zero-order valence-electron chi connectivity index (χ0n) is 11.4. The number of hydrogen-bond donors (Lipinski definition) is 0. The van der Waals surface area contributed by atoms with Crippen molar-refractivity contribution in [2.24, 2.45) is 0 Å². The van der Waals surface area contributed by atoms with E-state index >= 15 is 0 Å². The van der Waals surface area contributed by atoms with E-state index in [0.29, 0.717) is 23.2 Å². The number of aromatic nitrogens is 1. The van der Waals surface area contributed by atoms with Crippen molar-refractivity contribution in [1.82, 2.24) is 9.88 Å². The Labute approximate surface area is 115 Å². The minimum Gasteiger partial charge on any atom is -0.423 e. The zero-order valence-corrected chi connectivity index (χ0v) is 11.4. The highest BCUT2D eigenvalue weighted by molar-refractivity contribution is 5.77. The molecule has 1 aromatic heterocycles. The van der Waals surface area contributed by atoms with Gasteiger partial charge in [0.15, 0.2) is 5.58 Å². The summed E-state index contributed by atoms with van der Waals surface area (Å²) in [5.74, 6) is 0. The predicted octanol–water partition coefficient (Wildman–Crippen LogP) is 1.88. The van der Waals surface area contributed by atoms with Crippen molar-refractivity contribution in [3.63, 3.8) is 0 Å². The van der Waals surface area contributed by atoms with Gasteiger partial charge in [-0.1, -0.05) is 0 Å². The summed E-state index contributed by atoms with van der Waals surface area (Å²) in [6.07, 6.45) is 1.06. The van der Waals surface area contributed by atoms with Crippen LogP contribution in [-0.2, 0) is 0 Å². The first kappa shape index (κ1) is 12.9. The van der Waals surface area contributed by atoms with Crippen molar-refractivity contribution in [2.45, 2.75) is 12.5 Å². The van der Waals surface area contributed by atoms with Crippen LogP contribution in [0.15, 0.2) is 22.6 Å². The van der Waals surface area contributed by atoms with Gasteiger partial charge in [-0.2, -0.15) is 4.98 Å². The van der Waals surface area contributed by atoms with Crippen LogP contribution >= 0.6 is 0 Å². The van der Waals surface area contributed by atoms with Crippen LogP contribution < -0.4 is 4.90 Å². The van der Waals surface area contributed by atoms with Gasteiger partial charge in [0.2, 0.25) is 0 Å². The monoisotopic (exact) mass is 276 g/mol. The Kier molecular flexibility index (Phi) is 3.06. The molecule has 1 fully saturated rings. The fourth-order valence-electron chi connectivity index (χ4n) is 2.49. The number of nitro groups is 1. The number of rotatable bonds is 3. The van der Waals surface area contributed by atoms with Crippen LogP contribution in [0, 0.1) is 10.1 Å². The fourth-order valence-corrected chi connectivity index (χ4v) is 2.49. The maximum atomic E-state index is 10.8. The minimum atomic E-state index is -0.425. The van der Waals surface area contributed by atoms with E-state index in [1.165, 1.54) is 12.1 Å². The molecule has 2 heterocycles. The van der Waals surface area contributed by atoms with Crippen LogP contribution in [0.2, 0.25) is 0 Å². The topological polar surface area (TPSA) is 75.7 Å². The second-order valence-electron chi connectivity index (χ2n) is 5.26. The summed E-state index contributed by atoms with van der Waals surface area (Å²) >= 11 is 0. The van der Waals surface area contributed by atoms with E-state index in [2.05, 4.69) is 28.9 Å². The molecule has 2 aromatic rings. The molecule has 0 amide bonds. The standard InChI is InChI=1S/C13H16N4O3/c1-15(2)10-5-6-16(8-10)13-14-11-7-9(17(18)19)3-4-12(11)20-13/h3-4,7,10H,5-6,8H2,1-2H3/t10-/m1/s1. The lowest BCUT2D eigenvalue weighted by molar-refractivity contribution is -0.384. The number of oxazole rings is 1. The summed E-state index contributed by atoms with van der Waals surface area (Å²) in [4.78, 5) is 19.0. The molecular weight excluding hydrogens is 260 g/mol. The van der Waals surface area contributed by atoms with Gasteiger partial charge >= 0.3 is 0 Å². The predicted molar refractivity (Wildman–Crippen MR) is 75.0 cm³/mol. The average molecular weight is 276 g/mol. The van der Waals surface area contributed by atoms with Gasteiger partial charge in [0.05, 0.1) is 4.92 Å². The lowest BCUT2D eigenvalue weighted by Crippen LogP contribution is -2.31. The molecule has 7 heteroatoms. The summed E-state index contributed by atoms with van der Waals surface area (Å²) in [6.45, 7) is 1.75. The van der Waals surface area contributed by atoms with Crippen molar-refractivity contribution in [3.8, 4) is 0 Å². The van der Waals surface area contributed by atoms with Crippen molar-refractivity contribution >= 4 is 22.8 Å². The molecule has 3 rings (SSSR count). The van der Waals surface area contributed by atoms with Crippen LogP contribution in [0.4, 0.5) is 11.7 Å². The van der Waals surface area contributed by atoms with E-state index in [0.717, 1.165) is 19.5 Å². The maximum absolute atomic E-state index is 10.8. The van der Waals surface area contributed by atoms with Crippen molar-refractivity contribution in [1.29, 1.82) is 0 Å². The first-order valence-electron chi connectivity index (χ1n) is 6.51. The Morgan fingerprint density at radius 2 is 2.30 bits per heavy atom. The molecule has 0 aliphatic carbocycles. The highest BCUT2D eigenvalue weighted by Gasteiger charge is 2.27. The van der Waals surface area contributed by atoms with Gasteiger partial charge in [-0.15, -0.1) is 0 Å². The van der Waals surface area contributed by atoms with Gasteiger partial charge in [0, 0.05) is 31.3 Å². The van der Waals surface area contributed by atoms with E-state index in [4.69, 9.17) is 4.42 Å². The van der Waals surface area contributed by atoms with Crippen LogP contribution in [0.1, 0.15) is 6.42 Å². The largest absolute Gasteiger partial charge is 0.423 e. The third-order valence-corrected chi connectivity index (χ3v) is 3.73. The second-order valence-corrected chi connectivity index (χ2v) is 5.26. The molecule has 0 saturated carbocycles. The third-order valence-electron chi connectivity index (χ3n) is 3.73. The average Bonchev–Trinajstić information content (AvgIpc) is 3.04. The third kappa shape index (κ3) is 2.20. The van der Waals surface area contributed by atoms with Crippen LogP contribution in [0.5, 0.6) is 0 Å². The maximum Gasteiger partial charge on any atom is 0.298 e. The number of fused-ring (bicyclic) bond motifs is 1. The quantitative estimate of drug-likeness (QED) is 0.629. The van der Waals surface area contributed by atoms with Gasteiger partial charge in [0.1, 0.15) is 5.52 Å². The number of anilines is 1. The van der Waals surface area contributed by atoms with Crippen molar-refractivity contribution < 1.29 is 9.34 Å². The van der Waals surface area contributed by atoms with E-state index in [9.17, 15) is 10.1 Å². The molecule has 1 aromatic carbocycles. The number of nitrogens with zero attached hydrogens (tertiary/aromatic N) is 4. The Morgan fingerprint density at radius 1 is 1.50 bits per heavy atom. The van der Waals surface area contributed by atoms with E-state index in [1.807, 2.05) is 0 Å². The van der Waals surface area contributed by atoms with Crippen molar-refractivity contribution in [2.75, 3.05) is 32.1 Å². The molecule has 7 nitrogen and oxygen atoms in total. The van der Waals surface area contributed by atoms with Gasteiger partial charge in [-0.25, -0.2) is 0 Å². The normalized spacial score (nSPS) is 19.1. The van der Waals surface area contributed by atoms with Gasteiger partial charge in [0.25, 0.3) is 11.7 Å². The summed E-state index contributed by atoms with van der Waals surface area (Å²) < 4.78 is 5.69. The van der Waals surface area contributed by atoms with Crippen LogP contribution in [0.3, 0.4) is 0 Å². The summed E-state index contributed by atoms with van der Waals surface area (Å²) in [7, 11) is 4.12. The van der Waals surface area contributed by atoms with E-state index in [-0.39, 0.29) is 5.69 Å².